The van der Waals surface area contributed by atoms with E-state index in [0.29, 0.717) is 6.61 Å². The van der Waals surface area contributed by atoms with Crippen LogP contribution in [0.25, 0.3) is 0 Å². The Kier molecular flexibility index (Phi) is 5.34. The summed E-state index contributed by atoms with van der Waals surface area (Å²) in [6, 6.07) is 8.37. The molecular formula is C15H18N2O4. The third-order valence-corrected chi connectivity index (χ3v) is 2.95. The molecule has 2 aromatic rings. The second kappa shape index (κ2) is 7.44. The minimum Gasteiger partial charge on any atom is -0.467 e. The highest BCUT2D eigenvalue weighted by atomic mass is 16.6. The average Bonchev–Trinajstić information content (AvgIpc) is 2.99. The lowest BCUT2D eigenvalue weighted by Gasteiger charge is -2.11. The third-order valence-electron chi connectivity index (χ3n) is 2.95. The van der Waals surface area contributed by atoms with E-state index < -0.39 is 4.92 Å². The quantitative estimate of drug-likeness (QED) is 0.592. The Hall–Kier alpha value is -2.34. The Labute approximate surface area is 122 Å². The zero-order chi connectivity index (χ0) is 15.1. The zero-order valence-corrected chi connectivity index (χ0v) is 11.9. The van der Waals surface area contributed by atoms with Crippen LogP contribution in [0.5, 0.6) is 0 Å². The van der Waals surface area contributed by atoms with Gasteiger partial charge in [-0.05, 0) is 24.6 Å². The molecule has 0 saturated heterocycles. The first-order valence-electron chi connectivity index (χ1n) is 6.82. The number of hydrogen-bond donors (Lipinski definition) is 1. The van der Waals surface area contributed by atoms with E-state index in [0.717, 1.165) is 30.0 Å². The van der Waals surface area contributed by atoms with Crippen LogP contribution < -0.4 is 5.32 Å². The number of benzene rings is 1. The summed E-state index contributed by atoms with van der Waals surface area (Å²) in [6.07, 6.45) is 2.56. The van der Waals surface area contributed by atoms with Crippen LogP contribution >= 0.6 is 0 Å². The van der Waals surface area contributed by atoms with Crippen LogP contribution in [0, 0.1) is 10.1 Å². The predicted octanol–water partition coefficient (Wildman–Crippen LogP) is 3.73. The first kappa shape index (κ1) is 15.1. The highest BCUT2D eigenvalue weighted by Crippen LogP contribution is 2.23. The molecule has 0 aliphatic carbocycles. The molecule has 112 valence electrons. The predicted molar refractivity (Wildman–Crippen MR) is 79.1 cm³/mol. The lowest BCUT2D eigenvalue weighted by atomic mass is 10.1. The van der Waals surface area contributed by atoms with Gasteiger partial charge in [0.15, 0.2) is 0 Å². The Morgan fingerprint density at radius 2 is 2.19 bits per heavy atom. The lowest BCUT2D eigenvalue weighted by Crippen LogP contribution is -2.05. The number of nitrogens with zero attached hydrogens (tertiary/aromatic N) is 1. The van der Waals surface area contributed by atoms with Crippen molar-refractivity contribution in [2.45, 2.75) is 26.6 Å². The largest absolute Gasteiger partial charge is 0.467 e. The van der Waals surface area contributed by atoms with E-state index in [-0.39, 0.29) is 12.3 Å². The number of furan rings is 1. The van der Waals surface area contributed by atoms with Gasteiger partial charge in [-0.1, -0.05) is 6.92 Å². The van der Waals surface area contributed by atoms with Crippen molar-refractivity contribution < 1.29 is 14.1 Å². The zero-order valence-electron chi connectivity index (χ0n) is 11.9. The molecule has 1 aromatic carbocycles. The van der Waals surface area contributed by atoms with Crippen molar-refractivity contribution in [2.75, 3.05) is 11.9 Å². The van der Waals surface area contributed by atoms with Gasteiger partial charge in [0, 0.05) is 29.9 Å². The SMILES string of the molecule is CCCNc1ccc([N+](=O)[O-])cc1COCc1ccco1. The van der Waals surface area contributed by atoms with Crippen LogP contribution in [-0.2, 0) is 18.0 Å². The van der Waals surface area contributed by atoms with Crippen LogP contribution in [0.2, 0.25) is 0 Å². The minimum absolute atomic E-state index is 0.0636. The van der Waals surface area contributed by atoms with Crippen molar-refractivity contribution in [2.24, 2.45) is 0 Å². The molecule has 0 aliphatic heterocycles. The Morgan fingerprint density at radius 1 is 1.33 bits per heavy atom. The topological polar surface area (TPSA) is 77.5 Å². The Morgan fingerprint density at radius 3 is 2.86 bits per heavy atom. The molecule has 0 spiro atoms. The van der Waals surface area contributed by atoms with Gasteiger partial charge in [-0.3, -0.25) is 10.1 Å². The molecule has 0 saturated carbocycles. The van der Waals surface area contributed by atoms with Gasteiger partial charge in [-0.2, -0.15) is 0 Å². The van der Waals surface area contributed by atoms with Crippen molar-refractivity contribution in [3.63, 3.8) is 0 Å². The van der Waals surface area contributed by atoms with Gasteiger partial charge in [0.2, 0.25) is 0 Å². The maximum atomic E-state index is 10.9. The van der Waals surface area contributed by atoms with Crippen molar-refractivity contribution in [1.82, 2.24) is 0 Å². The second-order valence-corrected chi connectivity index (χ2v) is 4.60. The standard InChI is InChI=1S/C15H18N2O4/c1-2-7-16-15-6-5-13(17(18)19)9-12(15)10-20-11-14-4-3-8-21-14/h3-6,8-9,16H,2,7,10-11H2,1H3. The smallest absolute Gasteiger partial charge is 0.269 e. The van der Waals surface area contributed by atoms with Crippen LogP contribution in [0.1, 0.15) is 24.7 Å². The summed E-state index contributed by atoms with van der Waals surface area (Å²) in [6.45, 7) is 3.49. The van der Waals surface area contributed by atoms with E-state index in [4.69, 9.17) is 9.15 Å². The first-order chi connectivity index (χ1) is 10.2. The number of nitro groups is 1. The van der Waals surface area contributed by atoms with Gasteiger partial charge < -0.3 is 14.5 Å². The van der Waals surface area contributed by atoms with Crippen molar-refractivity contribution in [1.29, 1.82) is 0 Å². The Balaban J connectivity index is 2.05. The Bertz CT molecular complexity index is 581. The molecule has 1 N–H and O–H groups in total. The summed E-state index contributed by atoms with van der Waals surface area (Å²) in [5, 5.41) is 14.1. The molecule has 0 unspecified atom stereocenters. The third kappa shape index (κ3) is 4.32. The molecule has 6 nitrogen and oxygen atoms in total. The summed E-state index contributed by atoms with van der Waals surface area (Å²) in [4.78, 5) is 10.5. The molecule has 0 fully saturated rings. The molecule has 0 atom stereocenters. The monoisotopic (exact) mass is 290 g/mol. The number of non-ortho nitro benzene ring substituents is 1. The van der Waals surface area contributed by atoms with Gasteiger partial charge >= 0.3 is 0 Å². The summed E-state index contributed by atoms with van der Waals surface area (Å²) in [7, 11) is 0. The van der Waals surface area contributed by atoms with Crippen molar-refractivity contribution in [3.8, 4) is 0 Å². The fourth-order valence-electron chi connectivity index (χ4n) is 1.90. The highest BCUT2D eigenvalue weighted by Gasteiger charge is 2.11. The molecule has 0 amide bonds. The van der Waals surface area contributed by atoms with Crippen LogP contribution in [0.3, 0.4) is 0 Å². The number of ether oxygens (including phenoxy) is 1. The molecule has 1 heterocycles. The summed E-state index contributed by atoms with van der Waals surface area (Å²) < 4.78 is 10.7. The first-order valence-corrected chi connectivity index (χ1v) is 6.82. The van der Waals surface area contributed by atoms with Gasteiger partial charge in [0.1, 0.15) is 12.4 Å². The maximum Gasteiger partial charge on any atom is 0.269 e. The van der Waals surface area contributed by atoms with Crippen molar-refractivity contribution in [3.05, 3.63) is 58.0 Å². The van der Waals surface area contributed by atoms with Crippen molar-refractivity contribution >= 4 is 11.4 Å². The number of rotatable bonds is 8. The van der Waals surface area contributed by atoms with Gasteiger partial charge in [0.05, 0.1) is 17.8 Å². The van der Waals surface area contributed by atoms with Gasteiger partial charge in [-0.25, -0.2) is 0 Å². The highest BCUT2D eigenvalue weighted by molar-refractivity contribution is 5.55. The molecule has 0 aliphatic rings. The molecule has 2 rings (SSSR count). The minimum atomic E-state index is -0.403. The summed E-state index contributed by atoms with van der Waals surface area (Å²) in [5.74, 6) is 0.725. The van der Waals surface area contributed by atoms with E-state index in [1.165, 1.54) is 6.07 Å². The molecular weight excluding hydrogens is 272 g/mol. The van der Waals surface area contributed by atoms with Crippen LogP contribution in [0.15, 0.2) is 41.0 Å². The van der Waals surface area contributed by atoms with E-state index in [1.807, 2.05) is 6.07 Å². The van der Waals surface area contributed by atoms with Gasteiger partial charge in [-0.15, -0.1) is 0 Å². The lowest BCUT2D eigenvalue weighted by molar-refractivity contribution is -0.384. The number of nitro benzene ring substituents is 1. The number of hydrogen-bond acceptors (Lipinski definition) is 5. The van der Waals surface area contributed by atoms with E-state index in [9.17, 15) is 10.1 Å². The second-order valence-electron chi connectivity index (χ2n) is 4.60. The number of anilines is 1. The maximum absolute atomic E-state index is 10.9. The van der Waals surface area contributed by atoms with E-state index >= 15 is 0 Å². The van der Waals surface area contributed by atoms with Crippen LogP contribution in [-0.4, -0.2) is 11.5 Å². The molecule has 6 heteroatoms. The fraction of sp³-hybridized carbons (Fsp3) is 0.333. The fourth-order valence-corrected chi connectivity index (χ4v) is 1.90. The molecule has 21 heavy (non-hydrogen) atoms. The van der Waals surface area contributed by atoms with Gasteiger partial charge in [0.25, 0.3) is 5.69 Å². The summed E-state index contributed by atoms with van der Waals surface area (Å²) >= 11 is 0. The number of nitrogens with one attached hydrogen (secondary N) is 1. The summed E-state index contributed by atoms with van der Waals surface area (Å²) in [5.41, 5.74) is 1.69. The van der Waals surface area contributed by atoms with E-state index in [2.05, 4.69) is 12.2 Å². The molecule has 1 aromatic heterocycles. The van der Waals surface area contributed by atoms with Crippen LogP contribution in [0.4, 0.5) is 11.4 Å². The van der Waals surface area contributed by atoms with E-state index in [1.54, 1.807) is 24.5 Å². The average molecular weight is 290 g/mol. The normalized spacial score (nSPS) is 10.5. The molecule has 0 radical (unpaired) electrons. The molecule has 0 bridgehead atoms.